The monoisotopic (exact) mass is 518 g/mol. The van der Waals surface area contributed by atoms with Gasteiger partial charge in [0, 0.05) is 62.9 Å². The number of fused-ring (bicyclic) bond motifs is 3. The van der Waals surface area contributed by atoms with Crippen LogP contribution in [0.15, 0.2) is 41.4 Å². The summed E-state index contributed by atoms with van der Waals surface area (Å²) >= 11 is 0. The molecule has 2 aromatic rings. The third-order valence-corrected chi connectivity index (χ3v) is 8.16. The van der Waals surface area contributed by atoms with Gasteiger partial charge in [0.25, 0.3) is 5.91 Å². The minimum absolute atomic E-state index is 0.0277. The average molecular weight is 519 g/mol. The number of piperazine rings is 1. The molecule has 0 aromatic heterocycles. The summed E-state index contributed by atoms with van der Waals surface area (Å²) in [4.78, 5) is 36.1. The average Bonchev–Trinajstić information content (AvgIpc) is 2.96. The zero-order valence-electron chi connectivity index (χ0n) is 22.9. The van der Waals surface area contributed by atoms with Crippen LogP contribution in [0, 0.1) is 0 Å². The SMILES string of the molecule is COc1cc2c(cc1OC)[C@H]1CCCC[C@H]1N=C2c1ccc(C(=O)N2CCN(CC(=O)N(C)C)CC2)cc1. The molecule has 2 aromatic carbocycles. The van der Waals surface area contributed by atoms with Crippen molar-refractivity contribution in [1.82, 2.24) is 14.7 Å². The molecule has 0 radical (unpaired) electrons. The first kappa shape index (κ1) is 26.2. The summed E-state index contributed by atoms with van der Waals surface area (Å²) in [5.74, 6) is 1.97. The number of amides is 2. The molecule has 8 heteroatoms. The summed E-state index contributed by atoms with van der Waals surface area (Å²) in [6.45, 7) is 3.03. The van der Waals surface area contributed by atoms with E-state index in [1.165, 1.54) is 18.4 Å². The van der Waals surface area contributed by atoms with Gasteiger partial charge >= 0.3 is 0 Å². The molecule has 1 saturated heterocycles. The van der Waals surface area contributed by atoms with Gasteiger partial charge in [0.15, 0.2) is 11.5 Å². The number of methoxy groups -OCH3 is 2. The van der Waals surface area contributed by atoms with Gasteiger partial charge < -0.3 is 19.3 Å². The third kappa shape index (κ3) is 5.14. The van der Waals surface area contributed by atoms with Crippen LogP contribution in [0.5, 0.6) is 11.5 Å². The van der Waals surface area contributed by atoms with Crippen LogP contribution >= 0.6 is 0 Å². The van der Waals surface area contributed by atoms with Crippen LogP contribution in [0.1, 0.15) is 58.6 Å². The minimum atomic E-state index is 0.0277. The van der Waals surface area contributed by atoms with E-state index in [1.807, 2.05) is 29.2 Å². The lowest BCUT2D eigenvalue weighted by Crippen LogP contribution is -2.51. The van der Waals surface area contributed by atoms with Gasteiger partial charge in [-0.25, -0.2) is 0 Å². The standard InChI is InChI=1S/C30H38N4O4/c1-32(2)28(35)19-33-13-15-34(16-14-33)30(36)21-11-9-20(10-12-21)29-24-18-27(38-4)26(37-3)17-23(24)22-7-5-6-8-25(22)31-29/h9-12,17-18,22,25H,5-8,13-16,19H2,1-4H3/t22-,25-/m1/s1. The van der Waals surface area contributed by atoms with E-state index in [0.717, 1.165) is 35.4 Å². The van der Waals surface area contributed by atoms with Crippen molar-refractivity contribution in [3.05, 3.63) is 58.7 Å². The smallest absolute Gasteiger partial charge is 0.253 e. The largest absolute Gasteiger partial charge is 0.493 e. The maximum Gasteiger partial charge on any atom is 0.253 e. The minimum Gasteiger partial charge on any atom is -0.493 e. The highest BCUT2D eigenvalue weighted by atomic mass is 16.5. The maximum atomic E-state index is 13.2. The third-order valence-electron chi connectivity index (χ3n) is 8.16. The molecule has 2 atom stereocenters. The quantitative estimate of drug-likeness (QED) is 0.586. The number of ether oxygens (including phenoxy) is 2. The lowest BCUT2D eigenvalue weighted by atomic mass is 9.75. The molecule has 2 amide bonds. The molecule has 202 valence electrons. The van der Waals surface area contributed by atoms with Gasteiger partial charge in [-0.1, -0.05) is 25.0 Å². The summed E-state index contributed by atoms with van der Waals surface area (Å²) < 4.78 is 11.3. The zero-order chi connectivity index (χ0) is 26.8. The van der Waals surface area contributed by atoms with Gasteiger partial charge in [-0.05, 0) is 42.7 Å². The molecule has 0 bridgehead atoms. The van der Waals surface area contributed by atoms with Crippen molar-refractivity contribution >= 4 is 17.5 Å². The molecule has 2 fully saturated rings. The Bertz CT molecular complexity index is 1220. The molecule has 2 heterocycles. The molecule has 8 nitrogen and oxygen atoms in total. The van der Waals surface area contributed by atoms with Crippen molar-refractivity contribution < 1.29 is 19.1 Å². The van der Waals surface area contributed by atoms with E-state index in [2.05, 4.69) is 17.0 Å². The van der Waals surface area contributed by atoms with Crippen molar-refractivity contribution in [3.63, 3.8) is 0 Å². The predicted molar refractivity (Wildman–Crippen MR) is 148 cm³/mol. The summed E-state index contributed by atoms with van der Waals surface area (Å²) in [7, 11) is 6.88. The first-order valence-electron chi connectivity index (χ1n) is 13.6. The van der Waals surface area contributed by atoms with Crippen molar-refractivity contribution in [2.45, 2.75) is 37.6 Å². The lowest BCUT2D eigenvalue weighted by Gasteiger charge is -2.36. The Kier molecular flexibility index (Phi) is 7.70. The summed E-state index contributed by atoms with van der Waals surface area (Å²) in [6, 6.07) is 12.3. The molecule has 1 saturated carbocycles. The molecule has 3 aliphatic rings. The number of aliphatic imine (C=N–C) groups is 1. The highest BCUT2D eigenvalue weighted by Crippen LogP contribution is 2.44. The van der Waals surface area contributed by atoms with E-state index >= 15 is 0 Å². The molecular formula is C30H38N4O4. The summed E-state index contributed by atoms with van der Waals surface area (Å²) in [5.41, 5.74) is 5.01. The molecule has 38 heavy (non-hydrogen) atoms. The fourth-order valence-electron chi connectivity index (χ4n) is 5.90. The van der Waals surface area contributed by atoms with Gasteiger partial charge in [0.2, 0.25) is 5.91 Å². The van der Waals surface area contributed by atoms with E-state index in [9.17, 15) is 9.59 Å². The van der Waals surface area contributed by atoms with Crippen molar-refractivity contribution in [2.24, 2.45) is 4.99 Å². The van der Waals surface area contributed by atoms with Gasteiger partial charge in [-0.15, -0.1) is 0 Å². The second kappa shape index (κ2) is 11.2. The highest BCUT2D eigenvalue weighted by Gasteiger charge is 2.34. The second-order valence-electron chi connectivity index (χ2n) is 10.7. The van der Waals surface area contributed by atoms with Gasteiger partial charge in [-0.2, -0.15) is 0 Å². The molecule has 0 spiro atoms. The molecule has 5 rings (SSSR count). The normalized spacial score (nSPS) is 21.2. The summed E-state index contributed by atoms with van der Waals surface area (Å²) in [6.07, 6.45) is 4.64. The molecule has 1 aliphatic carbocycles. The Morgan fingerprint density at radius 3 is 2.26 bits per heavy atom. The fraction of sp³-hybridized carbons (Fsp3) is 0.500. The number of nitrogens with zero attached hydrogens (tertiary/aromatic N) is 4. The number of benzene rings is 2. The zero-order valence-corrected chi connectivity index (χ0v) is 22.9. The second-order valence-corrected chi connectivity index (χ2v) is 10.7. The van der Waals surface area contributed by atoms with E-state index < -0.39 is 0 Å². The Hall–Kier alpha value is -3.39. The Morgan fingerprint density at radius 2 is 1.61 bits per heavy atom. The van der Waals surface area contributed by atoms with Crippen molar-refractivity contribution in [3.8, 4) is 11.5 Å². The number of rotatable bonds is 6. The van der Waals surface area contributed by atoms with Crippen LogP contribution in [-0.4, -0.2) is 99.3 Å². The topological polar surface area (TPSA) is 74.7 Å². The van der Waals surface area contributed by atoms with Crippen LogP contribution in [0.4, 0.5) is 0 Å². The van der Waals surface area contributed by atoms with Crippen LogP contribution in [0.3, 0.4) is 0 Å². The Morgan fingerprint density at radius 1 is 0.947 bits per heavy atom. The number of carbonyl (C=O) groups excluding carboxylic acids is 2. The van der Waals surface area contributed by atoms with E-state index in [4.69, 9.17) is 14.5 Å². The molecule has 0 N–H and O–H groups in total. The number of hydrogen-bond acceptors (Lipinski definition) is 6. The van der Waals surface area contributed by atoms with E-state index in [0.29, 0.717) is 50.0 Å². The Balaban J connectivity index is 1.35. The molecule has 0 unspecified atom stereocenters. The molecular weight excluding hydrogens is 480 g/mol. The van der Waals surface area contributed by atoms with Crippen LogP contribution in [-0.2, 0) is 4.79 Å². The van der Waals surface area contributed by atoms with Crippen molar-refractivity contribution in [1.29, 1.82) is 0 Å². The molecule has 2 aliphatic heterocycles. The number of likely N-dealkylation sites (N-methyl/N-ethyl adjacent to an activating group) is 1. The van der Waals surface area contributed by atoms with Gasteiger partial charge in [0.05, 0.1) is 32.5 Å². The van der Waals surface area contributed by atoms with Crippen LogP contribution < -0.4 is 9.47 Å². The van der Waals surface area contributed by atoms with E-state index in [-0.39, 0.29) is 17.9 Å². The highest BCUT2D eigenvalue weighted by molar-refractivity contribution is 6.15. The Labute approximate surface area is 225 Å². The first-order valence-corrected chi connectivity index (χ1v) is 13.6. The summed E-state index contributed by atoms with van der Waals surface area (Å²) in [5, 5.41) is 0. The van der Waals surface area contributed by atoms with Crippen LogP contribution in [0.2, 0.25) is 0 Å². The van der Waals surface area contributed by atoms with E-state index in [1.54, 1.807) is 33.2 Å². The van der Waals surface area contributed by atoms with Crippen molar-refractivity contribution in [2.75, 3.05) is 61.0 Å². The predicted octanol–water partition coefficient (Wildman–Crippen LogP) is 3.43. The first-order chi connectivity index (χ1) is 18.4. The van der Waals surface area contributed by atoms with Gasteiger partial charge in [-0.3, -0.25) is 19.5 Å². The number of hydrogen-bond donors (Lipinski definition) is 0. The lowest BCUT2D eigenvalue weighted by molar-refractivity contribution is -0.130. The maximum absolute atomic E-state index is 13.2. The fourth-order valence-corrected chi connectivity index (χ4v) is 5.90. The van der Waals surface area contributed by atoms with Gasteiger partial charge in [0.1, 0.15) is 0 Å². The van der Waals surface area contributed by atoms with Crippen LogP contribution in [0.25, 0.3) is 0 Å². The number of carbonyl (C=O) groups is 2.